The number of fused-ring (bicyclic) bond motifs is 1. The Kier molecular flexibility index (Phi) is 8.72. The van der Waals surface area contributed by atoms with Crippen molar-refractivity contribution in [1.29, 1.82) is 0 Å². The van der Waals surface area contributed by atoms with Crippen molar-refractivity contribution in [3.05, 3.63) is 52.5 Å². The molecule has 0 radical (unpaired) electrons. The van der Waals surface area contributed by atoms with Crippen molar-refractivity contribution < 1.29 is 38.5 Å². The van der Waals surface area contributed by atoms with E-state index in [0.29, 0.717) is 13.1 Å². The normalized spacial score (nSPS) is 15.0. The lowest BCUT2D eigenvalue weighted by molar-refractivity contribution is -0.159. The minimum absolute atomic E-state index is 0.0362. The van der Waals surface area contributed by atoms with Crippen LogP contribution in [0.1, 0.15) is 10.6 Å². The van der Waals surface area contributed by atoms with E-state index in [2.05, 4.69) is 20.1 Å². The zero-order chi connectivity index (χ0) is 26.2. The second-order valence-corrected chi connectivity index (χ2v) is 9.17. The van der Waals surface area contributed by atoms with Crippen LogP contribution in [-0.2, 0) is 27.5 Å². The summed E-state index contributed by atoms with van der Waals surface area (Å²) in [5, 5.41) is 20.9. The standard InChI is InChI=1S/C22H24N4O4S.C2H2O4/c27-21(23-11-16-3-4-19-20(10-16)30-15-29-19)12-25-5-7-26(8-6-25)13-22-24-17(14-31-22)18-2-1-9-28-18;3-1(4)2(5)6/h1-4,9-10,14H,5-8,11-13,15H2,(H,23,27);(H,3,4)(H,5,6). The predicted molar refractivity (Wildman–Crippen MR) is 131 cm³/mol. The third kappa shape index (κ3) is 7.52. The van der Waals surface area contributed by atoms with Crippen molar-refractivity contribution in [2.24, 2.45) is 0 Å². The first kappa shape index (κ1) is 26.1. The SMILES string of the molecule is O=C(CN1CCN(Cc2nc(-c3ccco3)cs2)CC1)NCc1ccc2c(c1)OCO2.O=C(O)C(=O)O. The van der Waals surface area contributed by atoms with Crippen LogP contribution in [0.5, 0.6) is 11.5 Å². The van der Waals surface area contributed by atoms with Crippen LogP contribution in [-0.4, -0.2) is 82.4 Å². The first-order valence-corrected chi connectivity index (χ1v) is 12.3. The molecule has 3 aromatic rings. The zero-order valence-corrected chi connectivity index (χ0v) is 20.6. The summed E-state index contributed by atoms with van der Waals surface area (Å²) in [5.74, 6) is -1.32. The summed E-state index contributed by atoms with van der Waals surface area (Å²) < 4.78 is 16.1. The molecule has 2 aliphatic heterocycles. The zero-order valence-electron chi connectivity index (χ0n) is 19.8. The Morgan fingerprint density at radius 1 is 1.00 bits per heavy atom. The average Bonchev–Trinajstić information content (AvgIpc) is 3.66. The van der Waals surface area contributed by atoms with Crippen LogP contribution in [0.3, 0.4) is 0 Å². The molecular formula is C24H26N4O8S. The molecule has 13 heteroatoms. The highest BCUT2D eigenvalue weighted by Crippen LogP contribution is 2.32. The van der Waals surface area contributed by atoms with E-state index in [9.17, 15) is 4.79 Å². The summed E-state index contributed by atoms with van der Waals surface area (Å²) in [4.78, 5) is 39.8. The molecule has 1 aromatic carbocycles. The van der Waals surface area contributed by atoms with Crippen molar-refractivity contribution >= 4 is 29.2 Å². The number of amides is 1. The summed E-state index contributed by atoms with van der Waals surface area (Å²) in [6.45, 7) is 5.56. The molecule has 0 bridgehead atoms. The monoisotopic (exact) mass is 530 g/mol. The molecule has 1 amide bonds. The van der Waals surface area contributed by atoms with Gasteiger partial charge in [0, 0.05) is 38.1 Å². The van der Waals surface area contributed by atoms with Gasteiger partial charge in [0.1, 0.15) is 10.7 Å². The lowest BCUT2D eigenvalue weighted by atomic mass is 10.2. The van der Waals surface area contributed by atoms with Crippen molar-refractivity contribution in [2.45, 2.75) is 13.1 Å². The van der Waals surface area contributed by atoms with E-state index in [-0.39, 0.29) is 12.7 Å². The number of piperazine rings is 1. The molecule has 37 heavy (non-hydrogen) atoms. The van der Waals surface area contributed by atoms with Gasteiger partial charge in [-0.25, -0.2) is 14.6 Å². The maximum Gasteiger partial charge on any atom is 0.414 e. The van der Waals surface area contributed by atoms with E-state index < -0.39 is 11.9 Å². The lowest BCUT2D eigenvalue weighted by Gasteiger charge is -2.33. The van der Waals surface area contributed by atoms with Crippen LogP contribution < -0.4 is 14.8 Å². The molecule has 5 rings (SSSR count). The molecule has 0 unspecified atom stereocenters. The van der Waals surface area contributed by atoms with Gasteiger partial charge in [0.15, 0.2) is 17.3 Å². The van der Waals surface area contributed by atoms with Gasteiger partial charge in [0.2, 0.25) is 12.7 Å². The van der Waals surface area contributed by atoms with Crippen molar-refractivity contribution in [2.75, 3.05) is 39.5 Å². The Hall–Kier alpha value is -3.94. The Bertz CT molecular complexity index is 1210. The largest absolute Gasteiger partial charge is 0.473 e. The molecule has 0 saturated carbocycles. The van der Waals surface area contributed by atoms with Crippen LogP contribution in [0.4, 0.5) is 0 Å². The van der Waals surface area contributed by atoms with E-state index >= 15 is 0 Å². The van der Waals surface area contributed by atoms with Crippen LogP contribution >= 0.6 is 11.3 Å². The third-order valence-electron chi connectivity index (χ3n) is 5.63. The summed E-state index contributed by atoms with van der Waals surface area (Å²) in [6, 6.07) is 9.54. The second-order valence-electron chi connectivity index (χ2n) is 8.23. The molecule has 4 heterocycles. The number of aliphatic carboxylic acids is 2. The Morgan fingerprint density at radius 3 is 2.43 bits per heavy atom. The summed E-state index contributed by atoms with van der Waals surface area (Å²) in [5.41, 5.74) is 1.89. The minimum atomic E-state index is -1.82. The van der Waals surface area contributed by atoms with Gasteiger partial charge in [-0.3, -0.25) is 14.6 Å². The molecule has 0 atom stereocenters. The number of hydrogen-bond acceptors (Lipinski definition) is 10. The van der Waals surface area contributed by atoms with E-state index in [1.54, 1.807) is 17.6 Å². The van der Waals surface area contributed by atoms with Crippen LogP contribution in [0.15, 0.2) is 46.4 Å². The highest BCUT2D eigenvalue weighted by Gasteiger charge is 2.20. The van der Waals surface area contributed by atoms with Gasteiger partial charge < -0.3 is 29.4 Å². The molecule has 196 valence electrons. The van der Waals surface area contributed by atoms with Crippen LogP contribution in [0.25, 0.3) is 11.5 Å². The van der Waals surface area contributed by atoms with Gasteiger partial charge >= 0.3 is 11.9 Å². The summed E-state index contributed by atoms with van der Waals surface area (Å²) in [6.07, 6.45) is 1.67. The number of carbonyl (C=O) groups is 3. The number of nitrogens with one attached hydrogen (secondary N) is 1. The van der Waals surface area contributed by atoms with E-state index in [4.69, 9.17) is 33.7 Å². The quantitative estimate of drug-likeness (QED) is 0.383. The van der Waals surface area contributed by atoms with Gasteiger partial charge in [-0.15, -0.1) is 11.3 Å². The number of aromatic nitrogens is 1. The number of furan rings is 1. The van der Waals surface area contributed by atoms with Crippen LogP contribution in [0, 0.1) is 0 Å². The Labute approximate surface area is 216 Å². The van der Waals surface area contributed by atoms with Crippen molar-refractivity contribution in [1.82, 2.24) is 20.1 Å². The number of nitrogens with zero attached hydrogens (tertiary/aromatic N) is 3. The van der Waals surface area contributed by atoms with Crippen LogP contribution in [0.2, 0.25) is 0 Å². The van der Waals surface area contributed by atoms with Gasteiger partial charge in [0.25, 0.3) is 0 Å². The van der Waals surface area contributed by atoms with Crippen molar-refractivity contribution in [3.8, 4) is 23.0 Å². The molecule has 2 aliphatic rings. The van der Waals surface area contributed by atoms with Crippen molar-refractivity contribution in [3.63, 3.8) is 0 Å². The fraction of sp³-hybridized carbons (Fsp3) is 0.333. The molecular weight excluding hydrogens is 504 g/mol. The summed E-state index contributed by atoms with van der Waals surface area (Å²) in [7, 11) is 0. The highest BCUT2D eigenvalue weighted by atomic mass is 32.1. The molecule has 0 spiro atoms. The van der Waals surface area contributed by atoms with E-state index in [0.717, 1.165) is 66.2 Å². The molecule has 3 N–H and O–H groups in total. The maximum absolute atomic E-state index is 12.4. The maximum atomic E-state index is 12.4. The molecule has 1 fully saturated rings. The fourth-order valence-electron chi connectivity index (χ4n) is 3.73. The fourth-order valence-corrected chi connectivity index (χ4v) is 4.55. The number of carboxylic acids is 2. The lowest BCUT2D eigenvalue weighted by Crippen LogP contribution is -2.49. The van der Waals surface area contributed by atoms with Gasteiger partial charge in [-0.2, -0.15) is 0 Å². The molecule has 2 aromatic heterocycles. The Morgan fingerprint density at radius 2 is 1.73 bits per heavy atom. The highest BCUT2D eigenvalue weighted by molar-refractivity contribution is 7.09. The second kappa shape index (κ2) is 12.3. The predicted octanol–water partition coefficient (Wildman–Crippen LogP) is 1.72. The molecule has 1 saturated heterocycles. The number of rotatable bonds is 7. The summed E-state index contributed by atoms with van der Waals surface area (Å²) >= 11 is 1.66. The number of hydrogen-bond donors (Lipinski definition) is 3. The van der Waals surface area contributed by atoms with E-state index in [1.165, 1.54) is 0 Å². The topological polar surface area (TPSA) is 155 Å². The first-order chi connectivity index (χ1) is 17.9. The Balaban J connectivity index is 0.000000480. The minimum Gasteiger partial charge on any atom is -0.473 e. The third-order valence-corrected chi connectivity index (χ3v) is 6.46. The van der Waals surface area contributed by atoms with Gasteiger partial charge in [0.05, 0.1) is 19.4 Å². The number of carbonyl (C=O) groups excluding carboxylic acids is 1. The average molecular weight is 531 g/mol. The first-order valence-electron chi connectivity index (χ1n) is 11.4. The number of thiazole rings is 1. The van der Waals surface area contributed by atoms with E-state index in [1.807, 2.05) is 35.7 Å². The number of benzene rings is 1. The number of carboxylic acid groups (broad SMARTS) is 2. The number of ether oxygens (including phenoxy) is 2. The molecule has 0 aliphatic carbocycles. The van der Waals surface area contributed by atoms with Gasteiger partial charge in [-0.1, -0.05) is 6.07 Å². The smallest absolute Gasteiger partial charge is 0.414 e. The molecule has 12 nitrogen and oxygen atoms in total. The van der Waals surface area contributed by atoms with Gasteiger partial charge in [-0.05, 0) is 29.8 Å².